The summed E-state index contributed by atoms with van der Waals surface area (Å²) in [6.07, 6.45) is 6.71. The highest BCUT2D eigenvalue weighted by Gasteiger charge is 1.89. The Bertz CT molecular complexity index is 249. The SMILES string of the molecule is CC(C)NCCC=CCc1ccsc1. The van der Waals surface area contributed by atoms with Crippen molar-refractivity contribution < 1.29 is 0 Å². The maximum atomic E-state index is 3.39. The van der Waals surface area contributed by atoms with Crippen molar-refractivity contribution in [2.75, 3.05) is 6.54 Å². The Hall–Kier alpha value is -0.600. The number of hydrogen-bond donors (Lipinski definition) is 1. The zero-order chi connectivity index (χ0) is 10.2. The van der Waals surface area contributed by atoms with Crippen LogP contribution in [0.2, 0.25) is 0 Å². The average Bonchev–Trinajstić information content (AvgIpc) is 2.63. The highest BCUT2D eigenvalue weighted by atomic mass is 32.1. The van der Waals surface area contributed by atoms with E-state index in [0.29, 0.717) is 6.04 Å². The van der Waals surface area contributed by atoms with Crippen LogP contribution in [0.1, 0.15) is 25.8 Å². The third-order valence-electron chi connectivity index (χ3n) is 1.96. The number of thiophene rings is 1. The van der Waals surface area contributed by atoms with Gasteiger partial charge in [0.25, 0.3) is 0 Å². The molecule has 0 bridgehead atoms. The molecule has 0 amide bonds. The molecule has 0 fully saturated rings. The van der Waals surface area contributed by atoms with Crippen LogP contribution in [0.15, 0.2) is 29.0 Å². The van der Waals surface area contributed by atoms with Crippen molar-refractivity contribution in [1.29, 1.82) is 0 Å². The molecule has 1 nitrogen and oxygen atoms in total. The predicted molar refractivity (Wildman–Crippen MR) is 64.9 cm³/mol. The van der Waals surface area contributed by atoms with Gasteiger partial charge in [-0.3, -0.25) is 0 Å². The van der Waals surface area contributed by atoms with Crippen molar-refractivity contribution in [1.82, 2.24) is 5.32 Å². The quantitative estimate of drug-likeness (QED) is 0.560. The van der Waals surface area contributed by atoms with E-state index in [9.17, 15) is 0 Å². The smallest absolute Gasteiger partial charge is 0.00105 e. The Morgan fingerprint density at radius 3 is 2.93 bits per heavy atom. The molecule has 0 aliphatic carbocycles. The van der Waals surface area contributed by atoms with E-state index in [1.54, 1.807) is 11.3 Å². The maximum absolute atomic E-state index is 3.39. The molecule has 0 spiro atoms. The molecule has 0 aliphatic rings. The third-order valence-corrected chi connectivity index (χ3v) is 2.70. The lowest BCUT2D eigenvalue weighted by Crippen LogP contribution is -2.23. The van der Waals surface area contributed by atoms with Gasteiger partial charge in [-0.2, -0.15) is 11.3 Å². The van der Waals surface area contributed by atoms with Crippen molar-refractivity contribution in [3.8, 4) is 0 Å². The van der Waals surface area contributed by atoms with Gasteiger partial charge in [-0.05, 0) is 41.8 Å². The molecular weight excluding hydrogens is 190 g/mol. The second-order valence-electron chi connectivity index (χ2n) is 3.70. The van der Waals surface area contributed by atoms with Crippen LogP contribution in [0.4, 0.5) is 0 Å². The Labute approximate surface area is 90.9 Å². The van der Waals surface area contributed by atoms with Crippen molar-refractivity contribution in [3.05, 3.63) is 34.5 Å². The summed E-state index contributed by atoms with van der Waals surface area (Å²) in [5.74, 6) is 0. The van der Waals surface area contributed by atoms with Crippen LogP contribution in [-0.4, -0.2) is 12.6 Å². The van der Waals surface area contributed by atoms with Crippen molar-refractivity contribution in [2.45, 2.75) is 32.7 Å². The van der Waals surface area contributed by atoms with Crippen LogP contribution in [0.3, 0.4) is 0 Å². The van der Waals surface area contributed by atoms with Gasteiger partial charge in [0.05, 0.1) is 0 Å². The van der Waals surface area contributed by atoms with Crippen LogP contribution >= 0.6 is 11.3 Å². The molecule has 1 N–H and O–H groups in total. The monoisotopic (exact) mass is 209 g/mol. The maximum Gasteiger partial charge on any atom is 0.00105 e. The van der Waals surface area contributed by atoms with Crippen LogP contribution < -0.4 is 5.32 Å². The second-order valence-corrected chi connectivity index (χ2v) is 4.48. The van der Waals surface area contributed by atoms with E-state index < -0.39 is 0 Å². The van der Waals surface area contributed by atoms with Gasteiger partial charge in [0.2, 0.25) is 0 Å². The van der Waals surface area contributed by atoms with E-state index >= 15 is 0 Å². The van der Waals surface area contributed by atoms with Crippen molar-refractivity contribution >= 4 is 11.3 Å². The zero-order valence-corrected chi connectivity index (χ0v) is 9.81. The first kappa shape index (κ1) is 11.5. The lowest BCUT2D eigenvalue weighted by Gasteiger charge is -2.04. The topological polar surface area (TPSA) is 12.0 Å². The summed E-state index contributed by atoms with van der Waals surface area (Å²) in [6.45, 7) is 5.43. The molecule has 0 saturated heterocycles. The fourth-order valence-corrected chi connectivity index (χ4v) is 1.88. The largest absolute Gasteiger partial charge is 0.314 e. The minimum Gasteiger partial charge on any atom is -0.314 e. The first-order valence-electron chi connectivity index (χ1n) is 5.18. The normalized spacial score (nSPS) is 11.6. The van der Waals surface area contributed by atoms with Gasteiger partial charge in [-0.15, -0.1) is 0 Å². The lowest BCUT2D eigenvalue weighted by molar-refractivity contribution is 0.594. The minimum absolute atomic E-state index is 0.597. The van der Waals surface area contributed by atoms with Crippen LogP contribution in [0.25, 0.3) is 0 Å². The highest BCUT2D eigenvalue weighted by molar-refractivity contribution is 7.07. The van der Waals surface area contributed by atoms with Crippen LogP contribution in [0, 0.1) is 0 Å². The number of nitrogens with one attached hydrogen (secondary N) is 1. The van der Waals surface area contributed by atoms with Crippen LogP contribution in [-0.2, 0) is 6.42 Å². The summed E-state index contributed by atoms with van der Waals surface area (Å²) in [6, 6.07) is 2.78. The molecular formula is C12H19NS. The standard InChI is InChI=1S/C12H19NS/c1-11(2)13-8-5-3-4-6-12-7-9-14-10-12/h3-4,7,9-11,13H,5-6,8H2,1-2H3. The van der Waals surface area contributed by atoms with E-state index in [2.05, 4.69) is 48.1 Å². The Balaban J connectivity index is 2.04. The summed E-state index contributed by atoms with van der Waals surface area (Å²) in [5, 5.41) is 7.72. The molecule has 1 rings (SSSR count). The molecule has 0 aromatic carbocycles. The molecule has 1 aromatic heterocycles. The van der Waals surface area contributed by atoms with Gasteiger partial charge in [0, 0.05) is 6.04 Å². The van der Waals surface area contributed by atoms with Gasteiger partial charge >= 0.3 is 0 Å². The Morgan fingerprint density at radius 2 is 2.29 bits per heavy atom. The van der Waals surface area contributed by atoms with Crippen molar-refractivity contribution in [3.63, 3.8) is 0 Å². The summed E-state index contributed by atoms with van der Waals surface area (Å²) in [5.41, 5.74) is 1.42. The van der Waals surface area contributed by atoms with E-state index in [1.165, 1.54) is 5.56 Å². The second kappa shape index (κ2) is 6.80. The summed E-state index contributed by atoms with van der Waals surface area (Å²) in [7, 11) is 0. The van der Waals surface area contributed by atoms with Crippen molar-refractivity contribution in [2.24, 2.45) is 0 Å². The summed E-state index contributed by atoms with van der Waals surface area (Å²) in [4.78, 5) is 0. The van der Waals surface area contributed by atoms with Gasteiger partial charge < -0.3 is 5.32 Å². The highest BCUT2D eigenvalue weighted by Crippen LogP contribution is 2.06. The number of hydrogen-bond acceptors (Lipinski definition) is 2. The summed E-state index contributed by atoms with van der Waals surface area (Å²) >= 11 is 1.77. The van der Waals surface area contributed by atoms with E-state index in [1.807, 2.05) is 0 Å². The fourth-order valence-electron chi connectivity index (χ4n) is 1.20. The van der Waals surface area contributed by atoms with Crippen LogP contribution in [0.5, 0.6) is 0 Å². The van der Waals surface area contributed by atoms with E-state index in [0.717, 1.165) is 19.4 Å². The summed E-state index contributed by atoms with van der Waals surface area (Å²) < 4.78 is 0. The molecule has 0 atom stereocenters. The Kier molecular flexibility index (Phi) is 5.57. The number of rotatable bonds is 6. The molecule has 2 heteroatoms. The predicted octanol–water partition coefficient (Wildman–Crippen LogP) is 3.23. The molecule has 78 valence electrons. The average molecular weight is 209 g/mol. The first-order valence-corrected chi connectivity index (χ1v) is 6.13. The van der Waals surface area contributed by atoms with Gasteiger partial charge in [-0.25, -0.2) is 0 Å². The van der Waals surface area contributed by atoms with Gasteiger partial charge in [-0.1, -0.05) is 26.0 Å². The molecule has 0 radical (unpaired) electrons. The lowest BCUT2D eigenvalue weighted by atomic mass is 10.2. The molecule has 1 heterocycles. The molecule has 0 aliphatic heterocycles. The van der Waals surface area contributed by atoms with E-state index in [-0.39, 0.29) is 0 Å². The minimum atomic E-state index is 0.597. The third kappa shape index (κ3) is 5.20. The van der Waals surface area contributed by atoms with Gasteiger partial charge in [0.15, 0.2) is 0 Å². The number of allylic oxidation sites excluding steroid dienone is 1. The fraction of sp³-hybridized carbons (Fsp3) is 0.500. The zero-order valence-electron chi connectivity index (χ0n) is 8.99. The van der Waals surface area contributed by atoms with Gasteiger partial charge in [0.1, 0.15) is 0 Å². The molecule has 0 unspecified atom stereocenters. The molecule has 0 saturated carbocycles. The first-order chi connectivity index (χ1) is 6.79. The Morgan fingerprint density at radius 1 is 1.43 bits per heavy atom. The molecule has 1 aromatic rings. The van der Waals surface area contributed by atoms with E-state index in [4.69, 9.17) is 0 Å². The molecule has 14 heavy (non-hydrogen) atoms.